The second kappa shape index (κ2) is 21.0. The van der Waals surface area contributed by atoms with Gasteiger partial charge in [0, 0.05) is 40.4 Å². The van der Waals surface area contributed by atoms with Crippen LogP contribution >= 0.6 is 0 Å². The van der Waals surface area contributed by atoms with Gasteiger partial charge in [-0.2, -0.15) is 0 Å². The second-order valence-electron chi connectivity index (χ2n) is 16.4. The maximum absolute atomic E-state index is 6.97. The molecule has 1 unspecified atom stereocenters. The van der Waals surface area contributed by atoms with Gasteiger partial charge < -0.3 is 11.1 Å². The fourth-order valence-electron chi connectivity index (χ4n) is 7.96. The first-order valence-electron chi connectivity index (χ1n) is 22.1. The topological polar surface area (TPSA) is 50.4 Å². The van der Waals surface area contributed by atoms with Crippen LogP contribution in [0, 0.1) is 5.41 Å². The Bertz CT molecular complexity index is 2820. The highest BCUT2D eigenvalue weighted by Crippen LogP contribution is 2.36. The number of nitrogens with zero attached hydrogens (tertiary/aromatic N) is 1. The number of unbranched alkanes of at least 4 members (excludes halogenated alkanes) is 1. The lowest BCUT2D eigenvalue weighted by Crippen LogP contribution is -2.29. The summed E-state index contributed by atoms with van der Waals surface area (Å²) < 4.78 is 0. The molecule has 0 radical (unpaired) electrons. The minimum absolute atomic E-state index is 0.0579. The van der Waals surface area contributed by atoms with E-state index in [1.807, 2.05) is 32.2 Å². The zero-order valence-corrected chi connectivity index (χ0v) is 37.0. The Labute approximate surface area is 375 Å². The molecule has 3 heteroatoms. The molecule has 0 aromatic heterocycles. The zero-order valence-electron chi connectivity index (χ0n) is 37.0. The van der Waals surface area contributed by atoms with Gasteiger partial charge >= 0.3 is 0 Å². The quantitative estimate of drug-likeness (QED) is 0.0507. The molecular formula is C60H59N3. The Morgan fingerprint density at radius 2 is 1.54 bits per heavy atom. The van der Waals surface area contributed by atoms with Crippen LogP contribution in [-0.4, -0.2) is 12.8 Å². The summed E-state index contributed by atoms with van der Waals surface area (Å²) in [7, 11) is 1.88. The van der Waals surface area contributed by atoms with Crippen LogP contribution in [0.1, 0.15) is 78.5 Å². The normalized spacial score (nSPS) is 19.6. The predicted octanol–water partition coefficient (Wildman–Crippen LogP) is 13.3. The lowest BCUT2D eigenvalue weighted by molar-refractivity contribution is 0.563. The van der Waals surface area contributed by atoms with Gasteiger partial charge in [0.25, 0.3) is 0 Å². The number of hydrogen-bond acceptors (Lipinski definition) is 3. The molecule has 0 spiro atoms. The Morgan fingerprint density at radius 3 is 2.29 bits per heavy atom. The summed E-state index contributed by atoms with van der Waals surface area (Å²) in [6, 6.07) is 43.0. The molecule has 1 atom stereocenters. The number of hydrogen-bond donors (Lipinski definition) is 2. The SMILES string of the molecule is C=CC1(C)/C=C/C=C\C(c2ccc(C/C=C(\C=C(/N)c3ccc(C(CCC/C=C\C=C/C)=NC)cc3)c3ccc(C4=Cc5ccccc5N/C4=c4/ccccc4=C)cc3)cc2)=C/C1. The molecule has 314 valence electrons. The molecule has 1 heterocycles. The van der Waals surface area contributed by atoms with Crippen molar-refractivity contribution in [3.8, 4) is 0 Å². The molecule has 0 fully saturated rings. The van der Waals surface area contributed by atoms with E-state index < -0.39 is 0 Å². The lowest BCUT2D eigenvalue weighted by Gasteiger charge is -2.23. The summed E-state index contributed by atoms with van der Waals surface area (Å²) in [5.74, 6) is 0. The first-order chi connectivity index (χ1) is 30.8. The molecule has 3 N–H and O–H groups in total. The molecule has 0 amide bonds. The largest absolute Gasteiger partial charge is 0.398 e. The average molecular weight is 822 g/mol. The summed E-state index contributed by atoms with van der Waals surface area (Å²) in [5, 5.41) is 5.80. The summed E-state index contributed by atoms with van der Waals surface area (Å²) in [6.07, 6.45) is 32.8. The van der Waals surface area contributed by atoms with Gasteiger partial charge in [-0.15, -0.1) is 6.58 Å². The molecule has 3 nitrogen and oxygen atoms in total. The van der Waals surface area contributed by atoms with Crippen molar-refractivity contribution < 1.29 is 0 Å². The number of nitrogens with two attached hydrogens (primary N) is 1. The van der Waals surface area contributed by atoms with Gasteiger partial charge in [0.15, 0.2) is 0 Å². The molecule has 0 saturated heterocycles. The van der Waals surface area contributed by atoms with Crippen LogP contribution in [0.5, 0.6) is 0 Å². The van der Waals surface area contributed by atoms with E-state index in [2.05, 4.69) is 212 Å². The van der Waals surface area contributed by atoms with Gasteiger partial charge in [-0.1, -0.05) is 196 Å². The highest BCUT2D eigenvalue weighted by atomic mass is 14.9. The molecule has 0 saturated carbocycles. The summed E-state index contributed by atoms with van der Waals surface area (Å²) >= 11 is 0. The summed E-state index contributed by atoms with van der Waals surface area (Å²) in [5.41, 5.74) is 22.1. The number of anilines is 1. The molecule has 5 aromatic rings. The minimum atomic E-state index is -0.0579. The summed E-state index contributed by atoms with van der Waals surface area (Å²) in [4.78, 5) is 4.63. The third-order valence-corrected chi connectivity index (χ3v) is 11.9. The highest BCUT2D eigenvalue weighted by molar-refractivity contribution is 6.12. The predicted molar refractivity (Wildman–Crippen MR) is 275 cm³/mol. The van der Waals surface area contributed by atoms with Crippen LogP contribution in [0.2, 0.25) is 0 Å². The van der Waals surface area contributed by atoms with E-state index in [1.54, 1.807) is 0 Å². The molecule has 1 aliphatic carbocycles. The number of rotatable bonds is 14. The van der Waals surface area contributed by atoms with Gasteiger partial charge in [0.1, 0.15) is 0 Å². The van der Waals surface area contributed by atoms with Crippen molar-refractivity contribution in [2.24, 2.45) is 16.1 Å². The molecular weight excluding hydrogens is 763 g/mol. The van der Waals surface area contributed by atoms with E-state index >= 15 is 0 Å². The van der Waals surface area contributed by atoms with Gasteiger partial charge in [-0.05, 0) is 113 Å². The van der Waals surface area contributed by atoms with Crippen molar-refractivity contribution in [3.63, 3.8) is 0 Å². The monoisotopic (exact) mass is 821 g/mol. The molecule has 63 heavy (non-hydrogen) atoms. The first-order valence-corrected chi connectivity index (χ1v) is 22.1. The van der Waals surface area contributed by atoms with Crippen LogP contribution < -0.4 is 21.5 Å². The second-order valence-corrected chi connectivity index (χ2v) is 16.4. The number of nitrogens with one attached hydrogen (secondary N) is 1. The Hall–Kier alpha value is -7.23. The zero-order chi connectivity index (χ0) is 44.0. The Balaban J connectivity index is 1.20. The lowest BCUT2D eigenvalue weighted by atomic mass is 9.84. The van der Waals surface area contributed by atoms with E-state index in [4.69, 9.17) is 5.73 Å². The molecule has 5 aromatic carbocycles. The van der Waals surface area contributed by atoms with Crippen molar-refractivity contribution in [3.05, 3.63) is 250 Å². The summed E-state index contributed by atoms with van der Waals surface area (Å²) in [6.45, 7) is 12.7. The van der Waals surface area contributed by atoms with Gasteiger partial charge in [-0.25, -0.2) is 0 Å². The van der Waals surface area contributed by atoms with Crippen LogP contribution in [0.15, 0.2) is 206 Å². The van der Waals surface area contributed by atoms with E-state index in [0.717, 1.165) is 98.6 Å². The van der Waals surface area contributed by atoms with Gasteiger partial charge in [0.2, 0.25) is 0 Å². The van der Waals surface area contributed by atoms with Crippen LogP contribution in [0.25, 0.3) is 40.8 Å². The van der Waals surface area contributed by atoms with Crippen LogP contribution in [-0.2, 0) is 6.42 Å². The standard InChI is InChI=1S/C60H59N3/c1-6-8-9-10-11-12-23-57(62-5)51-37-35-50(36-38-51)56(61)43-52(30-27-45-25-28-47(29-26-45)46-20-17-18-40-60(4,7-2)41-39-46)48-31-33-49(34-32-48)55-42-53-21-14-16-24-58(53)63-59(55)54-22-15-13-19-44(54)3/h6-10,13-22,24-26,28-40,42-43,63H,2-3,11-12,23,27,41,61H2,1,4-5H3/b8-6-,10-9-,20-17-,40-18+,46-39+,52-30+,56-43-,59-54-,62-57?. The van der Waals surface area contributed by atoms with E-state index in [0.29, 0.717) is 5.70 Å². The van der Waals surface area contributed by atoms with Crippen molar-refractivity contribution in [1.29, 1.82) is 0 Å². The van der Waals surface area contributed by atoms with Crippen LogP contribution in [0.3, 0.4) is 0 Å². The van der Waals surface area contributed by atoms with Crippen molar-refractivity contribution >= 4 is 52.2 Å². The first kappa shape index (κ1) is 43.8. The average Bonchev–Trinajstić information content (AvgIpc) is 3.31. The smallest absolute Gasteiger partial charge is 0.0543 e. The van der Waals surface area contributed by atoms with Crippen LogP contribution in [0.4, 0.5) is 5.69 Å². The molecule has 1 aliphatic heterocycles. The van der Waals surface area contributed by atoms with Crippen molar-refractivity contribution in [1.82, 2.24) is 0 Å². The number of fused-ring (bicyclic) bond motifs is 1. The fraction of sp³-hybridized carbons (Fsp3) is 0.150. The third-order valence-electron chi connectivity index (χ3n) is 11.9. The maximum atomic E-state index is 6.97. The Kier molecular flexibility index (Phi) is 14.6. The molecule has 0 bridgehead atoms. The van der Waals surface area contributed by atoms with Crippen molar-refractivity contribution in [2.75, 3.05) is 12.4 Å². The number of allylic oxidation sites excluding steroid dienone is 14. The van der Waals surface area contributed by atoms with E-state index in [1.165, 1.54) is 16.7 Å². The Morgan fingerprint density at radius 1 is 0.825 bits per heavy atom. The minimum Gasteiger partial charge on any atom is -0.398 e. The fourth-order valence-corrected chi connectivity index (χ4v) is 7.96. The van der Waals surface area contributed by atoms with Gasteiger partial charge in [0.05, 0.1) is 5.70 Å². The number of aliphatic imine (C=N–C) groups is 1. The third kappa shape index (κ3) is 11.2. The van der Waals surface area contributed by atoms with Crippen molar-refractivity contribution in [2.45, 2.75) is 46.0 Å². The maximum Gasteiger partial charge on any atom is 0.0543 e. The molecule has 7 rings (SSSR count). The van der Waals surface area contributed by atoms with E-state index in [9.17, 15) is 0 Å². The van der Waals surface area contributed by atoms with Gasteiger partial charge in [-0.3, -0.25) is 4.99 Å². The number of para-hydroxylation sites is 1. The van der Waals surface area contributed by atoms with E-state index in [-0.39, 0.29) is 5.41 Å². The number of benzene rings is 5. The molecule has 2 aliphatic rings. The highest BCUT2D eigenvalue weighted by Gasteiger charge is 2.18.